The largest absolute Gasteiger partial charge is 0.315 e. The number of hydrogen-bond acceptors (Lipinski definition) is 2. The molecule has 0 saturated carbocycles. The molecule has 0 radical (unpaired) electrons. The zero-order chi connectivity index (χ0) is 9.73. The van der Waals surface area contributed by atoms with Crippen molar-refractivity contribution in [2.45, 2.75) is 33.1 Å². The minimum Gasteiger partial charge on any atom is -0.315 e. The normalized spacial score (nSPS) is 27.8. The molecule has 2 nitrogen and oxygen atoms in total. The van der Waals surface area contributed by atoms with Crippen molar-refractivity contribution in [1.29, 1.82) is 5.26 Å². The van der Waals surface area contributed by atoms with E-state index in [1.54, 1.807) is 0 Å². The highest BCUT2D eigenvalue weighted by Gasteiger charge is 2.30. The van der Waals surface area contributed by atoms with E-state index in [4.69, 9.17) is 5.26 Å². The maximum atomic E-state index is 9.14. The summed E-state index contributed by atoms with van der Waals surface area (Å²) < 4.78 is 0. The van der Waals surface area contributed by atoms with Gasteiger partial charge in [0.2, 0.25) is 0 Å². The predicted octanol–water partition coefficient (Wildman–Crippen LogP) is 2.24. The van der Waals surface area contributed by atoms with E-state index in [-0.39, 0.29) is 5.41 Å². The minimum absolute atomic E-state index is 0.129. The Morgan fingerprint density at radius 3 is 2.85 bits per heavy atom. The highest BCUT2D eigenvalue weighted by atomic mass is 14.9. The molecule has 1 atom stereocenters. The number of rotatable bonds is 2. The number of nitrogens with one attached hydrogen (secondary N) is 1. The fourth-order valence-electron chi connectivity index (χ4n) is 1.68. The number of nitriles is 1. The van der Waals surface area contributed by atoms with Crippen LogP contribution in [0.25, 0.3) is 0 Å². The molecule has 1 saturated heterocycles. The molecule has 0 bridgehead atoms. The van der Waals surface area contributed by atoms with Crippen molar-refractivity contribution in [3.05, 3.63) is 11.6 Å². The lowest BCUT2D eigenvalue weighted by Crippen LogP contribution is -2.38. The maximum absolute atomic E-state index is 9.14. The van der Waals surface area contributed by atoms with Crippen molar-refractivity contribution in [2.24, 2.45) is 5.41 Å². The van der Waals surface area contributed by atoms with Gasteiger partial charge in [-0.2, -0.15) is 5.26 Å². The predicted molar refractivity (Wildman–Crippen MR) is 54.2 cm³/mol. The van der Waals surface area contributed by atoms with Crippen molar-refractivity contribution in [2.75, 3.05) is 13.1 Å². The van der Waals surface area contributed by atoms with Crippen LogP contribution >= 0.6 is 0 Å². The van der Waals surface area contributed by atoms with Crippen molar-refractivity contribution in [3.63, 3.8) is 0 Å². The SMILES string of the molecule is CC(C)=CCC1(C#N)CCCNC1. The molecule has 13 heavy (non-hydrogen) atoms. The Balaban J connectivity index is 2.59. The first-order valence-electron chi connectivity index (χ1n) is 4.94. The van der Waals surface area contributed by atoms with Gasteiger partial charge in [0.25, 0.3) is 0 Å². The van der Waals surface area contributed by atoms with Crippen molar-refractivity contribution < 1.29 is 0 Å². The molecule has 0 spiro atoms. The van der Waals surface area contributed by atoms with E-state index in [0.717, 1.165) is 32.4 Å². The van der Waals surface area contributed by atoms with Gasteiger partial charge in [-0.05, 0) is 39.7 Å². The third-order valence-electron chi connectivity index (χ3n) is 2.61. The van der Waals surface area contributed by atoms with Crippen molar-refractivity contribution in [1.82, 2.24) is 5.32 Å². The average molecular weight is 178 g/mol. The first kappa shape index (κ1) is 10.3. The zero-order valence-corrected chi connectivity index (χ0v) is 8.56. The van der Waals surface area contributed by atoms with Gasteiger partial charge in [-0.25, -0.2) is 0 Å². The Kier molecular flexibility index (Phi) is 3.50. The van der Waals surface area contributed by atoms with Gasteiger partial charge in [0.1, 0.15) is 0 Å². The summed E-state index contributed by atoms with van der Waals surface area (Å²) in [7, 11) is 0. The van der Waals surface area contributed by atoms with Gasteiger partial charge in [-0.15, -0.1) is 0 Å². The molecule has 1 rings (SSSR count). The van der Waals surface area contributed by atoms with E-state index >= 15 is 0 Å². The molecule has 0 amide bonds. The van der Waals surface area contributed by atoms with Gasteiger partial charge in [0.05, 0.1) is 11.5 Å². The summed E-state index contributed by atoms with van der Waals surface area (Å²) in [4.78, 5) is 0. The first-order chi connectivity index (χ1) is 6.18. The second kappa shape index (κ2) is 4.43. The molecule has 0 aliphatic carbocycles. The average Bonchev–Trinajstić information content (AvgIpc) is 2.16. The van der Waals surface area contributed by atoms with Crippen LogP contribution < -0.4 is 5.32 Å². The molecular weight excluding hydrogens is 160 g/mol. The molecule has 1 N–H and O–H groups in total. The fraction of sp³-hybridized carbons (Fsp3) is 0.727. The van der Waals surface area contributed by atoms with E-state index in [2.05, 4.69) is 31.3 Å². The van der Waals surface area contributed by atoms with Gasteiger partial charge < -0.3 is 5.32 Å². The van der Waals surface area contributed by atoms with E-state index in [9.17, 15) is 0 Å². The number of allylic oxidation sites excluding steroid dienone is 2. The molecular formula is C11H18N2. The van der Waals surface area contributed by atoms with E-state index in [0.29, 0.717) is 0 Å². The summed E-state index contributed by atoms with van der Waals surface area (Å²) >= 11 is 0. The van der Waals surface area contributed by atoms with Crippen molar-refractivity contribution in [3.8, 4) is 6.07 Å². The smallest absolute Gasteiger partial charge is 0.0733 e. The van der Waals surface area contributed by atoms with Gasteiger partial charge in [-0.1, -0.05) is 11.6 Å². The monoisotopic (exact) mass is 178 g/mol. The number of hydrogen-bond donors (Lipinski definition) is 1. The third-order valence-corrected chi connectivity index (χ3v) is 2.61. The van der Waals surface area contributed by atoms with Gasteiger partial charge in [-0.3, -0.25) is 0 Å². The number of piperidine rings is 1. The second-order valence-electron chi connectivity index (χ2n) is 4.16. The molecule has 72 valence electrons. The van der Waals surface area contributed by atoms with Crippen LogP contribution in [-0.4, -0.2) is 13.1 Å². The highest BCUT2D eigenvalue weighted by Crippen LogP contribution is 2.30. The van der Waals surface area contributed by atoms with Gasteiger partial charge >= 0.3 is 0 Å². The lowest BCUT2D eigenvalue weighted by molar-refractivity contribution is 0.290. The molecule has 1 heterocycles. The zero-order valence-electron chi connectivity index (χ0n) is 8.56. The third kappa shape index (κ3) is 2.86. The summed E-state index contributed by atoms with van der Waals surface area (Å²) in [6, 6.07) is 2.47. The Hall–Kier alpha value is -0.810. The Labute approximate surface area is 80.6 Å². The lowest BCUT2D eigenvalue weighted by Gasteiger charge is -2.30. The van der Waals surface area contributed by atoms with Crippen LogP contribution in [-0.2, 0) is 0 Å². The van der Waals surface area contributed by atoms with Crippen LogP contribution in [0.3, 0.4) is 0 Å². The molecule has 0 aromatic heterocycles. The molecule has 2 heteroatoms. The van der Waals surface area contributed by atoms with E-state index in [1.807, 2.05) is 0 Å². The molecule has 0 aromatic rings. The van der Waals surface area contributed by atoms with Crippen LogP contribution in [0.15, 0.2) is 11.6 Å². The molecule has 1 aliphatic rings. The molecule has 1 unspecified atom stereocenters. The van der Waals surface area contributed by atoms with Crippen LogP contribution in [0.1, 0.15) is 33.1 Å². The molecule has 0 aromatic carbocycles. The second-order valence-corrected chi connectivity index (χ2v) is 4.16. The Morgan fingerprint density at radius 2 is 2.38 bits per heavy atom. The summed E-state index contributed by atoms with van der Waals surface area (Å²) in [5, 5.41) is 12.4. The first-order valence-corrected chi connectivity index (χ1v) is 4.94. The fourth-order valence-corrected chi connectivity index (χ4v) is 1.68. The van der Waals surface area contributed by atoms with E-state index in [1.165, 1.54) is 5.57 Å². The van der Waals surface area contributed by atoms with Crippen LogP contribution in [0.5, 0.6) is 0 Å². The van der Waals surface area contributed by atoms with Gasteiger partial charge in [0, 0.05) is 6.54 Å². The standard InChI is InChI=1S/C11H18N2/c1-10(2)4-6-11(8-12)5-3-7-13-9-11/h4,13H,3,5-7,9H2,1-2H3. The molecule has 1 aliphatic heterocycles. The minimum atomic E-state index is -0.129. The molecule has 1 fully saturated rings. The summed E-state index contributed by atoms with van der Waals surface area (Å²) in [6.45, 7) is 6.09. The Bertz CT molecular complexity index is 225. The van der Waals surface area contributed by atoms with Crippen LogP contribution in [0.4, 0.5) is 0 Å². The lowest BCUT2D eigenvalue weighted by atomic mass is 9.79. The Morgan fingerprint density at radius 1 is 1.62 bits per heavy atom. The van der Waals surface area contributed by atoms with Crippen LogP contribution in [0.2, 0.25) is 0 Å². The summed E-state index contributed by atoms with van der Waals surface area (Å²) in [5.41, 5.74) is 1.18. The summed E-state index contributed by atoms with van der Waals surface area (Å²) in [5.74, 6) is 0. The van der Waals surface area contributed by atoms with Crippen molar-refractivity contribution >= 4 is 0 Å². The number of nitrogens with zero attached hydrogens (tertiary/aromatic N) is 1. The summed E-state index contributed by atoms with van der Waals surface area (Å²) in [6.07, 6.45) is 5.25. The van der Waals surface area contributed by atoms with E-state index < -0.39 is 0 Å². The van der Waals surface area contributed by atoms with Gasteiger partial charge in [0.15, 0.2) is 0 Å². The van der Waals surface area contributed by atoms with Crippen LogP contribution in [0, 0.1) is 16.7 Å². The quantitative estimate of drug-likeness (QED) is 0.658. The topological polar surface area (TPSA) is 35.8 Å². The maximum Gasteiger partial charge on any atom is 0.0733 e. The highest BCUT2D eigenvalue weighted by molar-refractivity contribution is 5.08.